The van der Waals surface area contributed by atoms with Crippen LogP contribution in [0.5, 0.6) is 5.75 Å². The standard InChI is InChI=1S/C22H25NO2.2C2H6/c1-17-5-7-18(8-6-17)23(19-9-11-20(24-3)12-10-19)22(2)15-13-21(25-4)14-16-22;2*1-2/h5-15H,16H2,1-4H3;2*1-2H3. The van der Waals surface area contributed by atoms with Crippen molar-refractivity contribution >= 4 is 11.4 Å². The zero-order valence-electron chi connectivity index (χ0n) is 19.3. The molecular weight excluding hydrogens is 358 g/mol. The van der Waals surface area contributed by atoms with Crippen LogP contribution in [0.15, 0.2) is 72.5 Å². The number of nitrogens with zero attached hydrogens (tertiary/aromatic N) is 1. The van der Waals surface area contributed by atoms with E-state index >= 15 is 0 Å². The minimum absolute atomic E-state index is 0.175. The zero-order valence-corrected chi connectivity index (χ0v) is 19.3. The average molecular weight is 396 g/mol. The van der Waals surface area contributed by atoms with Gasteiger partial charge >= 0.3 is 0 Å². The van der Waals surface area contributed by atoms with E-state index in [0.29, 0.717) is 0 Å². The van der Waals surface area contributed by atoms with Gasteiger partial charge in [-0.25, -0.2) is 0 Å². The Bertz CT molecular complexity index is 775. The maximum Gasteiger partial charge on any atom is 0.119 e. The molecule has 1 aliphatic carbocycles. The molecule has 1 unspecified atom stereocenters. The minimum atomic E-state index is -0.175. The summed E-state index contributed by atoms with van der Waals surface area (Å²) in [6.45, 7) is 12.4. The number of anilines is 2. The summed E-state index contributed by atoms with van der Waals surface area (Å²) >= 11 is 0. The van der Waals surface area contributed by atoms with Crippen molar-refractivity contribution < 1.29 is 9.47 Å². The number of hydrogen-bond donors (Lipinski definition) is 0. The van der Waals surface area contributed by atoms with Crippen molar-refractivity contribution in [2.75, 3.05) is 19.1 Å². The zero-order chi connectivity index (χ0) is 21.9. The van der Waals surface area contributed by atoms with Crippen molar-refractivity contribution in [2.24, 2.45) is 0 Å². The van der Waals surface area contributed by atoms with Gasteiger partial charge in [0, 0.05) is 11.4 Å². The molecule has 0 spiro atoms. The maximum atomic E-state index is 5.36. The molecule has 0 fully saturated rings. The van der Waals surface area contributed by atoms with E-state index in [0.717, 1.165) is 29.3 Å². The van der Waals surface area contributed by atoms with Crippen LogP contribution in [0.3, 0.4) is 0 Å². The first-order valence-corrected chi connectivity index (χ1v) is 10.5. The second-order valence-electron chi connectivity index (χ2n) is 6.57. The third-order valence-electron chi connectivity index (χ3n) is 4.69. The highest BCUT2D eigenvalue weighted by Crippen LogP contribution is 2.39. The topological polar surface area (TPSA) is 21.7 Å². The maximum absolute atomic E-state index is 5.36. The van der Waals surface area contributed by atoms with Gasteiger partial charge in [0.05, 0.1) is 19.8 Å². The fourth-order valence-corrected chi connectivity index (χ4v) is 3.19. The summed E-state index contributed by atoms with van der Waals surface area (Å²) in [5, 5.41) is 0. The fourth-order valence-electron chi connectivity index (χ4n) is 3.19. The molecule has 2 aromatic rings. The third-order valence-corrected chi connectivity index (χ3v) is 4.69. The Hall–Kier alpha value is -2.68. The van der Waals surface area contributed by atoms with Gasteiger partial charge in [0.25, 0.3) is 0 Å². The molecule has 2 aromatic carbocycles. The molecule has 29 heavy (non-hydrogen) atoms. The lowest BCUT2D eigenvalue weighted by molar-refractivity contribution is 0.300. The van der Waals surface area contributed by atoms with Gasteiger partial charge in [-0.15, -0.1) is 0 Å². The molecule has 0 heterocycles. The summed E-state index contributed by atoms with van der Waals surface area (Å²) < 4.78 is 10.7. The van der Waals surface area contributed by atoms with E-state index < -0.39 is 0 Å². The van der Waals surface area contributed by atoms with E-state index in [1.54, 1.807) is 14.2 Å². The van der Waals surface area contributed by atoms with E-state index in [1.807, 2.05) is 45.9 Å². The van der Waals surface area contributed by atoms with Crippen LogP contribution in [0.1, 0.15) is 46.6 Å². The predicted octanol–water partition coefficient (Wildman–Crippen LogP) is 7.44. The van der Waals surface area contributed by atoms with Crippen molar-refractivity contribution in [3.05, 3.63) is 78.1 Å². The molecule has 0 bridgehead atoms. The molecule has 0 saturated heterocycles. The first-order valence-electron chi connectivity index (χ1n) is 10.5. The fraction of sp³-hybridized carbons (Fsp3) is 0.385. The van der Waals surface area contributed by atoms with Gasteiger partial charge in [0.1, 0.15) is 11.5 Å². The lowest BCUT2D eigenvalue weighted by Crippen LogP contribution is -2.42. The Morgan fingerprint density at radius 2 is 1.31 bits per heavy atom. The summed E-state index contributed by atoms with van der Waals surface area (Å²) in [6, 6.07) is 16.9. The van der Waals surface area contributed by atoms with Crippen molar-refractivity contribution in [2.45, 2.75) is 53.5 Å². The molecule has 0 aromatic heterocycles. The molecule has 1 atom stereocenters. The van der Waals surface area contributed by atoms with Crippen molar-refractivity contribution in [1.82, 2.24) is 0 Å². The van der Waals surface area contributed by atoms with E-state index in [9.17, 15) is 0 Å². The smallest absolute Gasteiger partial charge is 0.119 e. The molecule has 0 amide bonds. The summed E-state index contributed by atoms with van der Waals surface area (Å²) in [7, 11) is 3.40. The Morgan fingerprint density at radius 1 is 0.793 bits per heavy atom. The highest BCUT2D eigenvalue weighted by molar-refractivity contribution is 5.68. The normalized spacial score (nSPS) is 17.0. The molecule has 0 radical (unpaired) electrons. The largest absolute Gasteiger partial charge is 0.497 e. The number of aryl methyl sites for hydroxylation is 1. The van der Waals surface area contributed by atoms with E-state index in [4.69, 9.17) is 9.47 Å². The Balaban J connectivity index is 0.000000989. The lowest BCUT2D eigenvalue weighted by atomic mass is 9.89. The highest BCUT2D eigenvalue weighted by Gasteiger charge is 2.32. The third kappa shape index (κ3) is 6.15. The van der Waals surface area contributed by atoms with Crippen molar-refractivity contribution in [1.29, 1.82) is 0 Å². The van der Waals surface area contributed by atoms with Gasteiger partial charge in [0.15, 0.2) is 0 Å². The van der Waals surface area contributed by atoms with Crippen LogP contribution in [-0.2, 0) is 4.74 Å². The van der Waals surface area contributed by atoms with Gasteiger partial charge < -0.3 is 14.4 Å². The van der Waals surface area contributed by atoms with Gasteiger partial charge in [-0.3, -0.25) is 0 Å². The van der Waals surface area contributed by atoms with Gasteiger partial charge in [0.2, 0.25) is 0 Å². The monoisotopic (exact) mass is 395 g/mol. The molecule has 0 N–H and O–H groups in total. The van der Waals surface area contributed by atoms with Crippen LogP contribution in [-0.4, -0.2) is 19.8 Å². The number of ether oxygens (including phenoxy) is 2. The Labute approximate surface area is 177 Å². The predicted molar refractivity (Wildman–Crippen MR) is 126 cm³/mol. The second kappa shape index (κ2) is 12.0. The molecule has 1 aliphatic rings. The molecule has 0 saturated carbocycles. The summed E-state index contributed by atoms with van der Waals surface area (Å²) in [4.78, 5) is 2.37. The summed E-state index contributed by atoms with van der Waals surface area (Å²) in [6.07, 6.45) is 7.28. The highest BCUT2D eigenvalue weighted by atomic mass is 16.5. The van der Waals surface area contributed by atoms with Gasteiger partial charge in [-0.1, -0.05) is 51.5 Å². The molecule has 3 rings (SSSR count). The Kier molecular flexibility index (Phi) is 10.1. The SMILES string of the molecule is CC.CC.COC1=CCC(C)(N(c2ccc(C)cc2)c2ccc(OC)cc2)C=C1. The number of methoxy groups -OCH3 is 2. The quantitative estimate of drug-likeness (QED) is 0.525. The van der Waals surface area contributed by atoms with Crippen molar-refractivity contribution in [3.63, 3.8) is 0 Å². The van der Waals surface area contributed by atoms with Gasteiger partial charge in [-0.2, -0.15) is 0 Å². The Morgan fingerprint density at radius 3 is 1.72 bits per heavy atom. The second-order valence-corrected chi connectivity index (χ2v) is 6.57. The van der Waals surface area contributed by atoms with Crippen LogP contribution < -0.4 is 9.64 Å². The molecule has 0 aliphatic heterocycles. The van der Waals surface area contributed by atoms with E-state index in [-0.39, 0.29) is 5.54 Å². The first kappa shape index (κ1) is 24.4. The van der Waals surface area contributed by atoms with Crippen molar-refractivity contribution in [3.8, 4) is 5.75 Å². The van der Waals surface area contributed by atoms with Crippen LogP contribution in [0.4, 0.5) is 11.4 Å². The van der Waals surface area contributed by atoms with Crippen LogP contribution in [0.25, 0.3) is 0 Å². The minimum Gasteiger partial charge on any atom is -0.497 e. The first-order chi connectivity index (χ1) is 14.1. The van der Waals surface area contributed by atoms with Crippen LogP contribution in [0, 0.1) is 6.92 Å². The summed E-state index contributed by atoms with van der Waals surface area (Å²) in [5.74, 6) is 1.77. The molecule has 3 heteroatoms. The molecule has 3 nitrogen and oxygen atoms in total. The molecular formula is C26H37NO2. The van der Waals surface area contributed by atoms with Gasteiger partial charge in [-0.05, 0) is 68.8 Å². The van der Waals surface area contributed by atoms with Crippen LogP contribution >= 0.6 is 0 Å². The molecule has 158 valence electrons. The number of hydrogen-bond acceptors (Lipinski definition) is 3. The van der Waals surface area contributed by atoms with Crippen LogP contribution in [0.2, 0.25) is 0 Å². The average Bonchev–Trinajstić information content (AvgIpc) is 2.79. The lowest BCUT2D eigenvalue weighted by Gasteiger charge is -2.42. The van der Waals surface area contributed by atoms with E-state index in [2.05, 4.69) is 67.3 Å². The summed E-state index contributed by atoms with van der Waals surface area (Å²) in [5.41, 5.74) is 3.37. The van der Waals surface area contributed by atoms with E-state index in [1.165, 1.54) is 5.56 Å². The number of rotatable bonds is 5. The number of allylic oxidation sites excluding steroid dienone is 1. The number of benzene rings is 2.